The molecule has 1 aliphatic carbocycles. The third-order valence-electron chi connectivity index (χ3n) is 3.97. The minimum Gasteiger partial charge on any atom is -0.497 e. The third-order valence-corrected chi connectivity index (χ3v) is 7.37. The van der Waals surface area contributed by atoms with Crippen LogP contribution in [-0.2, 0) is 11.3 Å². The van der Waals surface area contributed by atoms with Crippen LogP contribution < -0.4 is 4.74 Å². The van der Waals surface area contributed by atoms with Gasteiger partial charge in [-0.1, -0.05) is 59.1 Å². The van der Waals surface area contributed by atoms with Crippen LogP contribution in [0.2, 0.25) is 0 Å². The number of benzene rings is 1. The summed E-state index contributed by atoms with van der Waals surface area (Å²) < 4.78 is 6.96. The molecule has 1 aromatic carbocycles. The highest BCUT2D eigenvalue weighted by atomic mass is 32.2. The van der Waals surface area contributed by atoms with Crippen molar-refractivity contribution in [2.24, 2.45) is 0 Å². The number of carbonyl (C=O) groups excluding carboxylic acids is 1. The SMILES string of the molecule is C=C(C)CSc1nnc(SCC(=O)N(Cc2ccc(OC)cc2)C2CC2)s1. The zero-order valence-corrected chi connectivity index (χ0v) is 18.0. The van der Waals surface area contributed by atoms with Crippen molar-refractivity contribution in [1.82, 2.24) is 15.1 Å². The first-order valence-electron chi connectivity index (χ1n) is 8.71. The highest BCUT2D eigenvalue weighted by molar-refractivity contribution is 8.03. The number of methoxy groups -OCH3 is 1. The summed E-state index contributed by atoms with van der Waals surface area (Å²) in [6.07, 6.45) is 2.18. The van der Waals surface area contributed by atoms with Gasteiger partial charge >= 0.3 is 0 Å². The van der Waals surface area contributed by atoms with E-state index >= 15 is 0 Å². The Labute approximate surface area is 172 Å². The van der Waals surface area contributed by atoms with Crippen molar-refractivity contribution in [3.63, 3.8) is 0 Å². The maximum atomic E-state index is 12.8. The van der Waals surface area contributed by atoms with Gasteiger partial charge in [0.05, 0.1) is 12.9 Å². The molecule has 0 saturated heterocycles. The van der Waals surface area contributed by atoms with Gasteiger partial charge in [0.25, 0.3) is 0 Å². The van der Waals surface area contributed by atoms with Gasteiger partial charge in [-0.2, -0.15) is 0 Å². The summed E-state index contributed by atoms with van der Waals surface area (Å²) in [4.78, 5) is 14.8. The molecule has 5 nitrogen and oxygen atoms in total. The molecule has 1 aliphatic rings. The maximum Gasteiger partial charge on any atom is 0.233 e. The predicted octanol–water partition coefficient (Wildman–Crippen LogP) is 4.50. The molecule has 0 unspecified atom stereocenters. The lowest BCUT2D eigenvalue weighted by atomic mass is 10.2. The van der Waals surface area contributed by atoms with E-state index in [-0.39, 0.29) is 5.91 Å². The molecular formula is C19H23N3O2S3. The highest BCUT2D eigenvalue weighted by Gasteiger charge is 2.32. The number of hydrogen-bond acceptors (Lipinski definition) is 7. The van der Waals surface area contributed by atoms with Gasteiger partial charge in [-0.15, -0.1) is 10.2 Å². The van der Waals surface area contributed by atoms with E-state index in [9.17, 15) is 4.79 Å². The largest absolute Gasteiger partial charge is 0.497 e. The van der Waals surface area contributed by atoms with Crippen LogP contribution in [0, 0.1) is 0 Å². The van der Waals surface area contributed by atoms with Gasteiger partial charge in [0.15, 0.2) is 8.68 Å². The number of aromatic nitrogens is 2. The Hall–Kier alpha value is -1.51. The first-order chi connectivity index (χ1) is 13.0. The molecule has 0 spiro atoms. The van der Waals surface area contributed by atoms with E-state index in [1.54, 1.807) is 18.9 Å². The number of nitrogens with zero attached hydrogens (tertiary/aromatic N) is 3. The Balaban J connectivity index is 1.53. The summed E-state index contributed by atoms with van der Waals surface area (Å²) >= 11 is 4.65. The number of amides is 1. The molecule has 0 atom stereocenters. The number of rotatable bonds is 10. The normalized spacial score (nSPS) is 13.4. The fourth-order valence-corrected chi connectivity index (χ4v) is 5.19. The molecule has 3 rings (SSSR count). The standard InChI is InChI=1S/C19H23N3O2S3/c1-13(2)11-25-18-20-21-19(27-18)26-12-17(23)22(15-6-7-15)10-14-4-8-16(24-3)9-5-14/h4-5,8-9,15H,1,6-7,10-12H2,2-3H3. The molecule has 1 heterocycles. The number of hydrogen-bond donors (Lipinski definition) is 0. The van der Waals surface area contributed by atoms with Gasteiger partial charge in [-0.3, -0.25) is 4.79 Å². The Morgan fingerprint density at radius 1 is 1.22 bits per heavy atom. The number of carbonyl (C=O) groups is 1. The van der Waals surface area contributed by atoms with Crippen LogP contribution in [0.15, 0.2) is 45.1 Å². The van der Waals surface area contributed by atoms with E-state index in [1.807, 2.05) is 36.1 Å². The Bertz CT molecular complexity index is 788. The molecule has 2 aromatic rings. The predicted molar refractivity (Wildman–Crippen MR) is 113 cm³/mol. The summed E-state index contributed by atoms with van der Waals surface area (Å²) in [5.74, 6) is 2.22. The average Bonchev–Trinajstić information content (AvgIpc) is 3.41. The van der Waals surface area contributed by atoms with Crippen LogP contribution in [0.5, 0.6) is 5.75 Å². The topological polar surface area (TPSA) is 55.3 Å². The summed E-state index contributed by atoms with van der Waals surface area (Å²) in [5, 5.41) is 8.36. The zero-order valence-electron chi connectivity index (χ0n) is 15.5. The molecule has 1 saturated carbocycles. The molecule has 8 heteroatoms. The van der Waals surface area contributed by atoms with Gasteiger partial charge in [0.1, 0.15) is 5.75 Å². The van der Waals surface area contributed by atoms with Gasteiger partial charge in [0.2, 0.25) is 5.91 Å². The molecule has 144 valence electrons. The van der Waals surface area contributed by atoms with E-state index in [4.69, 9.17) is 4.74 Å². The second-order valence-corrected chi connectivity index (χ2v) is 9.89. The lowest BCUT2D eigenvalue weighted by Gasteiger charge is -2.22. The van der Waals surface area contributed by atoms with E-state index in [2.05, 4.69) is 16.8 Å². The Morgan fingerprint density at radius 2 is 1.85 bits per heavy atom. The monoisotopic (exact) mass is 421 g/mol. The second kappa shape index (κ2) is 9.61. The van der Waals surface area contributed by atoms with Crippen LogP contribution in [0.1, 0.15) is 25.3 Å². The van der Waals surface area contributed by atoms with Crippen molar-refractivity contribution >= 4 is 40.8 Å². The van der Waals surface area contributed by atoms with Crippen molar-refractivity contribution < 1.29 is 9.53 Å². The molecule has 0 bridgehead atoms. The maximum absolute atomic E-state index is 12.8. The smallest absolute Gasteiger partial charge is 0.233 e. The van der Waals surface area contributed by atoms with Crippen LogP contribution in [-0.4, -0.2) is 45.7 Å². The lowest BCUT2D eigenvalue weighted by Crippen LogP contribution is -2.33. The van der Waals surface area contributed by atoms with Gasteiger partial charge < -0.3 is 9.64 Å². The van der Waals surface area contributed by atoms with Gasteiger partial charge in [-0.25, -0.2) is 0 Å². The Morgan fingerprint density at radius 3 is 2.41 bits per heavy atom. The van der Waals surface area contributed by atoms with Crippen LogP contribution in [0.25, 0.3) is 0 Å². The minimum absolute atomic E-state index is 0.157. The first kappa shape index (κ1) is 20.2. The fourth-order valence-electron chi connectivity index (χ4n) is 2.44. The molecule has 1 aromatic heterocycles. The lowest BCUT2D eigenvalue weighted by molar-refractivity contribution is -0.129. The number of ether oxygens (including phenoxy) is 1. The molecule has 27 heavy (non-hydrogen) atoms. The van der Waals surface area contributed by atoms with Crippen molar-refractivity contribution in [2.45, 2.75) is 41.0 Å². The van der Waals surface area contributed by atoms with Crippen LogP contribution in [0.4, 0.5) is 0 Å². The fraction of sp³-hybridized carbons (Fsp3) is 0.421. The molecule has 1 fully saturated rings. The zero-order chi connectivity index (χ0) is 19.2. The van der Waals surface area contributed by atoms with Gasteiger partial charge in [0, 0.05) is 18.3 Å². The highest BCUT2D eigenvalue weighted by Crippen LogP contribution is 2.32. The molecule has 1 amide bonds. The van der Waals surface area contributed by atoms with Crippen LogP contribution in [0.3, 0.4) is 0 Å². The van der Waals surface area contributed by atoms with Crippen LogP contribution >= 0.6 is 34.9 Å². The third kappa shape index (κ3) is 6.26. The van der Waals surface area contributed by atoms with Crippen molar-refractivity contribution in [2.75, 3.05) is 18.6 Å². The van der Waals surface area contributed by atoms with E-state index in [1.165, 1.54) is 23.1 Å². The van der Waals surface area contributed by atoms with Gasteiger partial charge in [-0.05, 0) is 37.5 Å². The first-order valence-corrected chi connectivity index (χ1v) is 11.5. The summed E-state index contributed by atoms with van der Waals surface area (Å²) in [5.41, 5.74) is 2.23. The van der Waals surface area contributed by atoms with E-state index in [0.29, 0.717) is 18.3 Å². The number of thioether (sulfide) groups is 2. The summed E-state index contributed by atoms with van der Waals surface area (Å²) in [6.45, 7) is 6.54. The van der Waals surface area contributed by atoms with Crippen molar-refractivity contribution in [1.29, 1.82) is 0 Å². The van der Waals surface area contributed by atoms with E-state index in [0.717, 1.165) is 44.2 Å². The molecule has 0 aliphatic heterocycles. The Kier molecular flexibility index (Phi) is 7.20. The summed E-state index contributed by atoms with van der Waals surface area (Å²) in [6, 6.07) is 8.28. The average molecular weight is 422 g/mol. The second-order valence-electron chi connectivity index (χ2n) is 6.47. The van der Waals surface area contributed by atoms with Crippen molar-refractivity contribution in [3.8, 4) is 5.75 Å². The molecule has 0 N–H and O–H groups in total. The molecule has 0 radical (unpaired) electrons. The molecular weight excluding hydrogens is 398 g/mol. The quantitative estimate of drug-likeness (QED) is 0.416. The summed E-state index contributed by atoms with van der Waals surface area (Å²) in [7, 11) is 1.65. The minimum atomic E-state index is 0.157. The van der Waals surface area contributed by atoms with Crippen molar-refractivity contribution in [3.05, 3.63) is 42.0 Å². The van der Waals surface area contributed by atoms with E-state index < -0.39 is 0 Å².